The molecule has 0 rings (SSSR count). The van der Waals surface area contributed by atoms with Crippen LogP contribution in [-0.2, 0) is 14.3 Å². The first-order valence-electron chi connectivity index (χ1n) is 6.02. The van der Waals surface area contributed by atoms with Crippen molar-refractivity contribution in [3.05, 3.63) is 0 Å². The number of carbonyl (C=O) groups is 2. The van der Waals surface area contributed by atoms with Gasteiger partial charge in [-0.3, -0.25) is 4.79 Å². The van der Waals surface area contributed by atoms with Crippen molar-refractivity contribution in [1.29, 1.82) is 0 Å². The summed E-state index contributed by atoms with van der Waals surface area (Å²) in [6, 6.07) is 0. The molecule has 0 atom stereocenters. The minimum atomic E-state index is -0.175. The number of esters is 1. The lowest BCUT2D eigenvalue weighted by Crippen LogP contribution is -1.99. The zero-order valence-corrected chi connectivity index (χ0v) is 11.3. The minimum absolute atomic E-state index is 0.175. The molecule has 0 N–H and O–H groups in total. The van der Waals surface area contributed by atoms with Gasteiger partial charge in [-0.25, -0.2) is 0 Å². The fraction of sp³-hybridized carbons (Fsp3) is 0.846. The number of hydrogen-bond donors (Lipinski definition) is 0. The summed E-state index contributed by atoms with van der Waals surface area (Å²) < 4.78 is 4.70. The number of unbranched alkanes of at least 4 members (excludes halogenated alkanes) is 2. The summed E-state index contributed by atoms with van der Waals surface area (Å²) >= 11 is 0. The molecule has 16 heavy (non-hydrogen) atoms. The van der Waals surface area contributed by atoms with Crippen molar-refractivity contribution in [3.63, 3.8) is 0 Å². The number of Topliss-reactive ketones (excluding diaryl/α,β-unsaturated/α-hetero) is 1. The Morgan fingerprint density at radius 3 is 1.94 bits per heavy atom. The molecule has 0 aliphatic carbocycles. The van der Waals surface area contributed by atoms with E-state index in [1.54, 1.807) is 6.92 Å². The predicted molar refractivity (Wildman–Crippen MR) is 66.3 cm³/mol. The van der Waals surface area contributed by atoms with Gasteiger partial charge in [0.05, 0.1) is 6.61 Å². The second-order valence-corrected chi connectivity index (χ2v) is 4.35. The first kappa shape index (κ1) is 17.5. The number of carbonyl (C=O) groups excluding carboxylic acids is 2. The highest BCUT2D eigenvalue weighted by molar-refractivity contribution is 5.75. The minimum Gasteiger partial charge on any atom is -0.466 e. The molecule has 0 unspecified atom stereocenters. The lowest BCUT2D eigenvalue weighted by Gasteiger charge is -1.98. The van der Waals surface area contributed by atoms with Crippen LogP contribution in [-0.4, -0.2) is 18.4 Å². The Labute approximate surface area is 99.6 Å². The van der Waals surface area contributed by atoms with E-state index < -0.39 is 0 Å². The van der Waals surface area contributed by atoms with E-state index in [0.29, 0.717) is 12.5 Å². The van der Waals surface area contributed by atoms with Crippen molar-refractivity contribution < 1.29 is 14.3 Å². The second kappa shape index (κ2) is 12.2. The van der Waals surface area contributed by atoms with Gasteiger partial charge in [-0.05, 0) is 19.3 Å². The fourth-order valence-corrected chi connectivity index (χ4v) is 1.14. The van der Waals surface area contributed by atoms with Crippen LogP contribution >= 0.6 is 0 Å². The molecule has 0 aromatic carbocycles. The van der Waals surface area contributed by atoms with Crippen LogP contribution in [0.5, 0.6) is 0 Å². The van der Waals surface area contributed by atoms with Crippen molar-refractivity contribution in [3.8, 4) is 0 Å². The van der Waals surface area contributed by atoms with Gasteiger partial charge in [0, 0.05) is 13.3 Å². The Balaban J connectivity index is 0. The second-order valence-electron chi connectivity index (χ2n) is 4.35. The average molecular weight is 230 g/mol. The van der Waals surface area contributed by atoms with Gasteiger partial charge in [0.25, 0.3) is 0 Å². The molecule has 0 radical (unpaired) electrons. The summed E-state index contributed by atoms with van der Waals surface area (Å²) in [6.07, 6.45) is 4.03. The van der Waals surface area contributed by atoms with Gasteiger partial charge in [0.2, 0.25) is 0 Å². The monoisotopic (exact) mass is 230 g/mol. The van der Waals surface area contributed by atoms with Crippen molar-refractivity contribution in [2.24, 2.45) is 5.92 Å². The summed E-state index contributed by atoms with van der Waals surface area (Å²) in [7, 11) is 0. The van der Waals surface area contributed by atoms with Gasteiger partial charge >= 0.3 is 5.97 Å². The van der Waals surface area contributed by atoms with Crippen LogP contribution < -0.4 is 0 Å². The molecule has 0 aliphatic rings. The van der Waals surface area contributed by atoms with E-state index in [-0.39, 0.29) is 11.8 Å². The molecule has 0 aliphatic heterocycles. The van der Waals surface area contributed by atoms with Crippen molar-refractivity contribution in [2.75, 3.05) is 6.61 Å². The van der Waals surface area contributed by atoms with Crippen LogP contribution in [0.4, 0.5) is 0 Å². The Kier molecular flexibility index (Phi) is 13.4. The summed E-state index contributed by atoms with van der Waals surface area (Å²) in [5, 5.41) is 0. The lowest BCUT2D eigenvalue weighted by molar-refractivity contribution is -0.141. The van der Waals surface area contributed by atoms with Gasteiger partial charge < -0.3 is 9.53 Å². The van der Waals surface area contributed by atoms with Crippen molar-refractivity contribution in [1.82, 2.24) is 0 Å². The maximum Gasteiger partial charge on any atom is 0.302 e. The maximum absolute atomic E-state index is 10.3. The summed E-state index contributed by atoms with van der Waals surface area (Å²) in [5.74, 6) is 0.638. The lowest BCUT2D eigenvalue weighted by atomic mass is 10.1. The van der Waals surface area contributed by atoms with Crippen molar-refractivity contribution in [2.45, 2.75) is 60.3 Å². The van der Waals surface area contributed by atoms with Gasteiger partial charge in [0.1, 0.15) is 5.78 Å². The van der Waals surface area contributed by atoms with Crippen LogP contribution in [0, 0.1) is 5.92 Å². The Morgan fingerprint density at radius 1 is 1.12 bits per heavy atom. The smallest absolute Gasteiger partial charge is 0.302 e. The number of hydrogen-bond acceptors (Lipinski definition) is 3. The number of ketones is 1. The third-order valence-electron chi connectivity index (χ3n) is 1.75. The molecule has 0 heterocycles. The third kappa shape index (κ3) is 23.2. The largest absolute Gasteiger partial charge is 0.466 e. The van der Waals surface area contributed by atoms with E-state index in [0.717, 1.165) is 19.3 Å². The molecular weight excluding hydrogens is 204 g/mol. The first-order chi connectivity index (χ1) is 7.40. The summed E-state index contributed by atoms with van der Waals surface area (Å²) in [4.78, 5) is 20.4. The number of rotatable bonds is 6. The normalized spacial score (nSPS) is 9.38. The topological polar surface area (TPSA) is 43.4 Å². The maximum atomic E-state index is 10.3. The standard InChI is InChI=1S/C7H14O2.C6H12O/c1-3-4-5-6-9-7(2)8;1-5(2)4-6(3)7/h3-6H2,1-2H3;5H,4H2,1-3H3. The molecular formula is C13H26O3. The highest BCUT2D eigenvalue weighted by Gasteiger charge is 1.95. The molecule has 0 fully saturated rings. The van der Waals surface area contributed by atoms with E-state index in [4.69, 9.17) is 4.74 Å². The van der Waals surface area contributed by atoms with Crippen LogP contribution in [0.2, 0.25) is 0 Å². The van der Waals surface area contributed by atoms with E-state index in [1.165, 1.54) is 13.3 Å². The Hall–Kier alpha value is -0.860. The molecule has 0 bridgehead atoms. The zero-order valence-electron chi connectivity index (χ0n) is 11.3. The van der Waals surface area contributed by atoms with E-state index in [2.05, 4.69) is 6.92 Å². The predicted octanol–water partition coefficient (Wildman–Crippen LogP) is 3.36. The van der Waals surface area contributed by atoms with Gasteiger partial charge in [-0.1, -0.05) is 33.6 Å². The first-order valence-corrected chi connectivity index (χ1v) is 6.02. The van der Waals surface area contributed by atoms with E-state index in [1.807, 2.05) is 13.8 Å². The average Bonchev–Trinajstić information content (AvgIpc) is 2.11. The highest BCUT2D eigenvalue weighted by atomic mass is 16.5. The van der Waals surface area contributed by atoms with Crippen LogP contribution in [0.25, 0.3) is 0 Å². The molecule has 0 aromatic heterocycles. The van der Waals surface area contributed by atoms with E-state index in [9.17, 15) is 9.59 Å². The molecule has 0 aromatic rings. The van der Waals surface area contributed by atoms with Crippen LogP contribution in [0.15, 0.2) is 0 Å². The molecule has 3 heteroatoms. The molecule has 0 saturated carbocycles. The highest BCUT2D eigenvalue weighted by Crippen LogP contribution is 1.97. The Bertz CT molecular complexity index is 186. The number of ether oxygens (including phenoxy) is 1. The van der Waals surface area contributed by atoms with Gasteiger partial charge in [0.15, 0.2) is 0 Å². The SMILES string of the molecule is CC(=O)CC(C)C.CCCCCOC(C)=O. The summed E-state index contributed by atoms with van der Waals surface area (Å²) in [6.45, 7) is 9.85. The van der Waals surface area contributed by atoms with Crippen LogP contribution in [0.1, 0.15) is 60.3 Å². The zero-order chi connectivity index (χ0) is 13.0. The molecule has 0 spiro atoms. The van der Waals surface area contributed by atoms with Crippen molar-refractivity contribution >= 4 is 11.8 Å². The quantitative estimate of drug-likeness (QED) is 0.519. The van der Waals surface area contributed by atoms with Gasteiger partial charge in [-0.2, -0.15) is 0 Å². The molecule has 0 saturated heterocycles. The third-order valence-corrected chi connectivity index (χ3v) is 1.75. The van der Waals surface area contributed by atoms with Crippen LogP contribution in [0.3, 0.4) is 0 Å². The van der Waals surface area contributed by atoms with Gasteiger partial charge in [-0.15, -0.1) is 0 Å². The molecule has 3 nitrogen and oxygen atoms in total. The molecule has 0 amide bonds. The molecule has 96 valence electrons. The summed E-state index contributed by atoms with van der Waals surface area (Å²) in [5.41, 5.74) is 0. The van der Waals surface area contributed by atoms with E-state index >= 15 is 0 Å². The fourth-order valence-electron chi connectivity index (χ4n) is 1.14. The Morgan fingerprint density at radius 2 is 1.69 bits per heavy atom.